The van der Waals surface area contributed by atoms with Crippen molar-refractivity contribution in [3.63, 3.8) is 0 Å². The minimum absolute atomic E-state index is 0.189. The van der Waals surface area contributed by atoms with Crippen LogP contribution in [-0.4, -0.2) is 36.7 Å². The number of halogens is 1. The van der Waals surface area contributed by atoms with Crippen molar-refractivity contribution in [3.05, 3.63) is 21.3 Å². The molecule has 1 aromatic heterocycles. The molecule has 0 saturated carbocycles. The molecule has 1 amide bonds. The summed E-state index contributed by atoms with van der Waals surface area (Å²) in [6.45, 7) is 4.65. The summed E-state index contributed by atoms with van der Waals surface area (Å²) < 4.78 is 5.83. The highest BCUT2D eigenvalue weighted by Crippen LogP contribution is 2.21. The number of thiophene rings is 1. The molecule has 2 rings (SSSR count). The molecule has 2 heterocycles. The number of piperidine rings is 1. The summed E-state index contributed by atoms with van der Waals surface area (Å²) in [5, 5.41) is 3.52. The first kappa shape index (κ1) is 14.6. The van der Waals surface area contributed by atoms with Crippen molar-refractivity contribution in [1.82, 2.24) is 10.2 Å². The van der Waals surface area contributed by atoms with Crippen LogP contribution in [0.2, 0.25) is 4.34 Å². The van der Waals surface area contributed by atoms with Crippen molar-refractivity contribution in [1.29, 1.82) is 0 Å². The fraction of sp³-hybridized carbons (Fsp3) is 0.615. The monoisotopic (exact) mass is 302 g/mol. The Morgan fingerprint density at radius 1 is 1.53 bits per heavy atom. The number of carbonyl (C=O) groups is 1. The van der Waals surface area contributed by atoms with Crippen LogP contribution in [0.5, 0.6) is 0 Å². The quantitative estimate of drug-likeness (QED) is 0.929. The van der Waals surface area contributed by atoms with Gasteiger partial charge in [0.05, 0.1) is 10.9 Å². The van der Waals surface area contributed by atoms with E-state index in [4.69, 9.17) is 16.3 Å². The lowest BCUT2D eigenvalue weighted by atomic mass is 10.1. The lowest BCUT2D eigenvalue weighted by Gasteiger charge is -2.31. The van der Waals surface area contributed by atoms with E-state index in [1.165, 1.54) is 4.88 Å². The van der Waals surface area contributed by atoms with E-state index in [0.29, 0.717) is 12.6 Å². The van der Waals surface area contributed by atoms with Gasteiger partial charge in [-0.2, -0.15) is 0 Å². The van der Waals surface area contributed by atoms with Gasteiger partial charge in [-0.3, -0.25) is 0 Å². The molecule has 0 bridgehead atoms. The van der Waals surface area contributed by atoms with Gasteiger partial charge in [0.25, 0.3) is 0 Å². The van der Waals surface area contributed by atoms with E-state index in [1.807, 2.05) is 19.1 Å². The van der Waals surface area contributed by atoms with Crippen molar-refractivity contribution in [2.24, 2.45) is 0 Å². The molecule has 1 aromatic rings. The van der Waals surface area contributed by atoms with Crippen LogP contribution in [0.25, 0.3) is 0 Å². The molecule has 1 aliphatic heterocycles. The highest BCUT2D eigenvalue weighted by atomic mass is 35.5. The third-order valence-corrected chi connectivity index (χ3v) is 4.45. The summed E-state index contributed by atoms with van der Waals surface area (Å²) in [5.74, 6) is 0. The Hall–Kier alpha value is -0.780. The zero-order valence-electron chi connectivity index (χ0n) is 11.0. The first-order valence-electron chi connectivity index (χ1n) is 6.58. The van der Waals surface area contributed by atoms with E-state index >= 15 is 0 Å². The second-order valence-electron chi connectivity index (χ2n) is 4.55. The van der Waals surface area contributed by atoms with E-state index in [1.54, 1.807) is 16.2 Å². The molecule has 106 valence electrons. The van der Waals surface area contributed by atoms with Gasteiger partial charge >= 0.3 is 6.09 Å². The summed E-state index contributed by atoms with van der Waals surface area (Å²) in [7, 11) is 0. The number of hydrogen-bond donors (Lipinski definition) is 1. The van der Waals surface area contributed by atoms with Crippen molar-refractivity contribution in [2.45, 2.75) is 32.4 Å². The van der Waals surface area contributed by atoms with Crippen LogP contribution >= 0.6 is 22.9 Å². The second kappa shape index (κ2) is 7.12. The van der Waals surface area contributed by atoms with Gasteiger partial charge in [-0.05, 0) is 31.9 Å². The topological polar surface area (TPSA) is 41.6 Å². The number of amides is 1. The van der Waals surface area contributed by atoms with Gasteiger partial charge in [-0.1, -0.05) is 11.6 Å². The number of rotatable bonds is 4. The lowest BCUT2D eigenvalue weighted by molar-refractivity contribution is 0.0950. The normalized spacial score (nSPS) is 16.6. The molecule has 1 fully saturated rings. The minimum atomic E-state index is -0.189. The molecule has 4 nitrogen and oxygen atoms in total. The molecule has 0 spiro atoms. The van der Waals surface area contributed by atoms with Crippen LogP contribution in [0.15, 0.2) is 12.1 Å². The molecular weight excluding hydrogens is 284 g/mol. The Bertz CT molecular complexity index is 417. The third-order valence-electron chi connectivity index (χ3n) is 3.21. The molecule has 0 atom stereocenters. The molecule has 0 aromatic carbocycles. The number of ether oxygens (including phenoxy) is 1. The largest absolute Gasteiger partial charge is 0.450 e. The van der Waals surface area contributed by atoms with Crippen molar-refractivity contribution < 1.29 is 9.53 Å². The van der Waals surface area contributed by atoms with Crippen LogP contribution in [0, 0.1) is 0 Å². The van der Waals surface area contributed by atoms with Gasteiger partial charge in [0.2, 0.25) is 0 Å². The average molecular weight is 303 g/mol. The van der Waals surface area contributed by atoms with Crippen molar-refractivity contribution in [3.8, 4) is 0 Å². The number of nitrogens with one attached hydrogen (secondary N) is 1. The van der Waals surface area contributed by atoms with Crippen LogP contribution in [0.1, 0.15) is 24.6 Å². The maximum absolute atomic E-state index is 11.6. The highest BCUT2D eigenvalue weighted by Gasteiger charge is 2.23. The predicted molar refractivity (Wildman–Crippen MR) is 77.8 cm³/mol. The summed E-state index contributed by atoms with van der Waals surface area (Å²) in [6, 6.07) is 4.44. The van der Waals surface area contributed by atoms with Crippen LogP contribution in [0.3, 0.4) is 0 Å². The van der Waals surface area contributed by atoms with Gasteiger partial charge < -0.3 is 15.0 Å². The summed E-state index contributed by atoms with van der Waals surface area (Å²) >= 11 is 7.51. The summed E-state index contributed by atoms with van der Waals surface area (Å²) in [6.07, 6.45) is 1.75. The van der Waals surface area contributed by atoms with Gasteiger partial charge in [-0.15, -0.1) is 11.3 Å². The third kappa shape index (κ3) is 4.37. The van der Waals surface area contributed by atoms with Crippen molar-refractivity contribution >= 4 is 29.0 Å². The molecule has 0 radical (unpaired) electrons. The lowest BCUT2D eigenvalue weighted by Crippen LogP contribution is -2.44. The SMILES string of the molecule is CCOC(=O)N1CCC(NCc2ccc(Cl)s2)CC1. The second-order valence-corrected chi connectivity index (χ2v) is 6.35. The molecule has 1 N–H and O–H groups in total. The molecule has 0 aliphatic carbocycles. The van der Waals surface area contributed by atoms with Crippen molar-refractivity contribution in [2.75, 3.05) is 19.7 Å². The van der Waals surface area contributed by atoms with E-state index in [0.717, 1.165) is 36.8 Å². The molecule has 0 unspecified atom stereocenters. The highest BCUT2D eigenvalue weighted by molar-refractivity contribution is 7.16. The van der Waals surface area contributed by atoms with E-state index < -0.39 is 0 Å². The van der Waals surface area contributed by atoms with Gasteiger partial charge in [0.1, 0.15) is 0 Å². The smallest absolute Gasteiger partial charge is 0.409 e. The standard InChI is InChI=1S/C13H19ClN2O2S/c1-2-18-13(17)16-7-5-10(6-8-16)15-9-11-3-4-12(14)19-11/h3-4,10,15H,2,5-9H2,1H3. The Morgan fingerprint density at radius 3 is 2.84 bits per heavy atom. The number of likely N-dealkylation sites (tertiary alicyclic amines) is 1. The minimum Gasteiger partial charge on any atom is -0.450 e. The van der Waals surface area contributed by atoms with Gasteiger partial charge in [-0.25, -0.2) is 4.79 Å². The van der Waals surface area contributed by atoms with Crippen LogP contribution < -0.4 is 5.32 Å². The summed E-state index contributed by atoms with van der Waals surface area (Å²) in [4.78, 5) is 14.6. The first-order chi connectivity index (χ1) is 9.19. The maximum atomic E-state index is 11.6. The van der Waals surface area contributed by atoms with Crippen LogP contribution in [0.4, 0.5) is 4.79 Å². The fourth-order valence-corrected chi connectivity index (χ4v) is 3.21. The fourth-order valence-electron chi connectivity index (χ4n) is 2.17. The Labute approximate surface area is 122 Å². The van der Waals surface area contributed by atoms with E-state index in [9.17, 15) is 4.79 Å². The Morgan fingerprint density at radius 2 is 2.26 bits per heavy atom. The Kier molecular flexibility index (Phi) is 5.48. The Balaban J connectivity index is 1.70. The van der Waals surface area contributed by atoms with Gasteiger partial charge in [0, 0.05) is 30.6 Å². The molecule has 6 heteroatoms. The van der Waals surface area contributed by atoms with E-state index in [-0.39, 0.29) is 6.09 Å². The molecular formula is C13H19ClN2O2S. The molecule has 1 aliphatic rings. The van der Waals surface area contributed by atoms with E-state index in [2.05, 4.69) is 5.32 Å². The zero-order chi connectivity index (χ0) is 13.7. The first-order valence-corrected chi connectivity index (χ1v) is 7.77. The van der Waals surface area contributed by atoms with Gasteiger partial charge in [0.15, 0.2) is 0 Å². The number of hydrogen-bond acceptors (Lipinski definition) is 4. The average Bonchev–Trinajstić information content (AvgIpc) is 2.83. The number of nitrogens with zero attached hydrogens (tertiary/aromatic N) is 1. The zero-order valence-corrected chi connectivity index (χ0v) is 12.6. The number of carbonyl (C=O) groups excluding carboxylic acids is 1. The predicted octanol–water partition coefficient (Wildman–Crippen LogP) is 3.11. The van der Waals surface area contributed by atoms with Crippen LogP contribution in [-0.2, 0) is 11.3 Å². The maximum Gasteiger partial charge on any atom is 0.409 e. The molecule has 19 heavy (non-hydrogen) atoms. The molecule has 1 saturated heterocycles. The summed E-state index contributed by atoms with van der Waals surface area (Å²) in [5.41, 5.74) is 0.